The summed E-state index contributed by atoms with van der Waals surface area (Å²) in [6.45, 7) is 2.88. The number of amides is 1. The lowest BCUT2D eigenvalue weighted by atomic mass is 10.1. The lowest BCUT2D eigenvalue weighted by molar-refractivity contribution is -0.139. The van der Waals surface area contributed by atoms with Crippen molar-refractivity contribution in [2.45, 2.75) is 19.4 Å². The maximum absolute atomic E-state index is 13.1. The molecule has 6 nitrogen and oxygen atoms in total. The summed E-state index contributed by atoms with van der Waals surface area (Å²) < 4.78 is 24.0. The Hall–Kier alpha value is -1.99. The molecule has 2 heterocycles. The van der Waals surface area contributed by atoms with E-state index in [4.69, 9.17) is 20.8 Å². The molecular formula is C15H15ClFN3O3. The van der Waals surface area contributed by atoms with Gasteiger partial charge in [-0.2, -0.15) is 0 Å². The summed E-state index contributed by atoms with van der Waals surface area (Å²) in [6, 6.07) is 4.01. The van der Waals surface area contributed by atoms with Crippen LogP contribution in [0.3, 0.4) is 0 Å². The lowest BCUT2D eigenvalue weighted by Crippen LogP contribution is -2.43. The zero-order chi connectivity index (χ0) is 16.4. The highest BCUT2D eigenvalue weighted by molar-refractivity contribution is 6.31. The summed E-state index contributed by atoms with van der Waals surface area (Å²) in [5.74, 6) is 0.275. The number of halogens is 2. The Morgan fingerprint density at radius 2 is 2.30 bits per heavy atom. The second kappa shape index (κ2) is 6.64. The van der Waals surface area contributed by atoms with E-state index >= 15 is 0 Å². The summed E-state index contributed by atoms with van der Waals surface area (Å²) in [4.78, 5) is 14.1. The van der Waals surface area contributed by atoms with Crippen molar-refractivity contribution in [1.29, 1.82) is 0 Å². The predicted molar refractivity (Wildman–Crippen MR) is 79.4 cm³/mol. The van der Waals surface area contributed by atoms with E-state index in [-0.39, 0.29) is 17.4 Å². The van der Waals surface area contributed by atoms with Crippen molar-refractivity contribution in [1.82, 2.24) is 15.1 Å². The van der Waals surface area contributed by atoms with Gasteiger partial charge < -0.3 is 14.1 Å². The van der Waals surface area contributed by atoms with Crippen molar-refractivity contribution >= 4 is 17.5 Å². The van der Waals surface area contributed by atoms with Crippen LogP contribution in [0.1, 0.15) is 23.4 Å². The number of carbonyl (C=O) groups is 1. The number of rotatable bonds is 3. The largest absolute Gasteiger partial charge is 0.423 e. The number of nitrogens with zero attached hydrogens (tertiary/aromatic N) is 3. The fourth-order valence-corrected chi connectivity index (χ4v) is 2.64. The van der Waals surface area contributed by atoms with Gasteiger partial charge in [0, 0.05) is 18.5 Å². The minimum Gasteiger partial charge on any atom is -0.423 e. The molecule has 2 aromatic rings. The first-order valence-electron chi connectivity index (χ1n) is 7.16. The monoisotopic (exact) mass is 339 g/mol. The zero-order valence-electron chi connectivity index (χ0n) is 12.5. The average molecular weight is 340 g/mol. The molecule has 0 N–H and O–H groups in total. The van der Waals surface area contributed by atoms with Crippen LogP contribution in [0.2, 0.25) is 5.02 Å². The number of hydrogen-bond acceptors (Lipinski definition) is 5. The number of hydrogen-bond donors (Lipinski definition) is 0. The highest BCUT2D eigenvalue weighted by atomic mass is 35.5. The Morgan fingerprint density at radius 1 is 1.48 bits per heavy atom. The highest BCUT2D eigenvalue weighted by Crippen LogP contribution is 2.23. The van der Waals surface area contributed by atoms with Gasteiger partial charge >= 0.3 is 0 Å². The average Bonchev–Trinajstić information content (AvgIpc) is 2.97. The predicted octanol–water partition coefficient (Wildman–Crippen LogP) is 2.31. The molecule has 1 aliphatic rings. The van der Waals surface area contributed by atoms with E-state index in [1.54, 1.807) is 11.8 Å². The Balaban J connectivity index is 1.67. The summed E-state index contributed by atoms with van der Waals surface area (Å²) in [6.07, 6.45) is -0.327. The molecule has 1 amide bonds. The summed E-state index contributed by atoms with van der Waals surface area (Å²) in [7, 11) is 0. The van der Waals surface area contributed by atoms with E-state index in [0.29, 0.717) is 37.0 Å². The normalized spacial score (nSPS) is 18.2. The maximum atomic E-state index is 13.1. The Morgan fingerprint density at radius 3 is 3.00 bits per heavy atom. The van der Waals surface area contributed by atoms with E-state index in [1.165, 1.54) is 18.2 Å². The number of carbonyl (C=O) groups excluding carboxylic acids is 1. The third-order valence-electron chi connectivity index (χ3n) is 3.59. The maximum Gasteiger partial charge on any atom is 0.246 e. The molecule has 1 saturated heterocycles. The molecule has 1 aliphatic heterocycles. The smallest absolute Gasteiger partial charge is 0.246 e. The number of morpholine rings is 1. The highest BCUT2D eigenvalue weighted by Gasteiger charge is 2.29. The molecule has 1 aromatic carbocycles. The van der Waals surface area contributed by atoms with Crippen LogP contribution in [0.4, 0.5) is 4.39 Å². The minimum atomic E-state index is -0.433. The molecule has 0 saturated carbocycles. The fourth-order valence-electron chi connectivity index (χ4n) is 2.41. The standard InChI is InChI=1S/C15H15ClFN3O3/c1-9-18-19-15(23-9)13-8-20(4-5-22-13)14(21)6-10-2-3-11(17)7-12(10)16/h2-3,7,13H,4-6,8H2,1H3/t13-/m0/s1. The van der Waals surface area contributed by atoms with E-state index < -0.39 is 11.9 Å². The Kier molecular flexibility index (Phi) is 4.58. The minimum absolute atomic E-state index is 0.106. The van der Waals surface area contributed by atoms with Gasteiger partial charge in [-0.05, 0) is 17.7 Å². The van der Waals surface area contributed by atoms with E-state index in [2.05, 4.69) is 10.2 Å². The number of aryl methyl sites for hydroxylation is 1. The first-order valence-corrected chi connectivity index (χ1v) is 7.54. The van der Waals surface area contributed by atoms with Crippen LogP contribution in [-0.4, -0.2) is 40.7 Å². The van der Waals surface area contributed by atoms with Crippen LogP contribution in [0.15, 0.2) is 22.6 Å². The van der Waals surface area contributed by atoms with Gasteiger partial charge in [-0.1, -0.05) is 17.7 Å². The quantitative estimate of drug-likeness (QED) is 0.858. The zero-order valence-corrected chi connectivity index (χ0v) is 13.2. The molecule has 0 spiro atoms. The topological polar surface area (TPSA) is 68.5 Å². The molecular weight excluding hydrogens is 325 g/mol. The van der Waals surface area contributed by atoms with Crippen LogP contribution in [0.5, 0.6) is 0 Å². The second-order valence-corrected chi connectivity index (χ2v) is 5.68. The van der Waals surface area contributed by atoms with Crippen LogP contribution < -0.4 is 0 Å². The van der Waals surface area contributed by atoms with E-state index in [1.807, 2.05) is 0 Å². The lowest BCUT2D eigenvalue weighted by Gasteiger charge is -2.31. The van der Waals surface area contributed by atoms with Gasteiger partial charge in [-0.15, -0.1) is 10.2 Å². The SMILES string of the molecule is Cc1nnc([C@@H]2CN(C(=O)Cc3ccc(F)cc3Cl)CCO2)o1. The second-order valence-electron chi connectivity index (χ2n) is 5.27. The molecule has 1 aromatic heterocycles. The summed E-state index contributed by atoms with van der Waals surface area (Å²) in [5, 5.41) is 7.94. The van der Waals surface area contributed by atoms with Crippen molar-refractivity contribution in [3.8, 4) is 0 Å². The van der Waals surface area contributed by atoms with Gasteiger partial charge in [0.1, 0.15) is 5.82 Å². The van der Waals surface area contributed by atoms with Crippen molar-refractivity contribution < 1.29 is 18.3 Å². The summed E-state index contributed by atoms with van der Waals surface area (Å²) >= 11 is 5.97. The van der Waals surface area contributed by atoms with Gasteiger partial charge in [-0.3, -0.25) is 4.79 Å². The van der Waals surface area contributed by atoms with Crippen molar-refractivity contribution in [3.63, 3.8) is 0 Å². The molecule has 122 valence electrons. The third-order valence-corrected chi connectivity index (χ3v) is 3.94. The molecule has 1 fully saturated rings. The first kappa shape index (κ1) is 15.9. The molecule has 1 atom stereocenters. The third kappa shape index (κ3) is 3.68. The van der Waals surface area contributed by atoms with E-state index in [9.17, 15) is 9.18 Å². The first-order chi connectivity index (χ1) is 11.0. The van der Waals surface area contributed by atoms with Crippen LogP contribution in [0.25, 0.3) is 0 Å². The summed E-state index contributed by atoms with van der Waals surface area (Å²) in [5.41, 5.74) is 0.592. The molecule has 0 unspecified atom stereocenters. The Labute approximate surface area is 137 Å². The molecule has 3 rings (SSSR count). The van der Waals surface area contributed by atoms with Gasteiger partial charge in [0.25, 0.3) is 0 Å². The van der Waals surface area contributed by atoms with Gasteiger partial charge in [-0.25, -0.2) is 4.39 Å². The molecule has 0 radical (unpaired) electrons. The van der Waals surface area contributed by atoms with Crippen molar-refractivity contribution in [3.05, 3.63) is 46.4 Å². The molecule has 8 heteroatoms. The number of aromatic nitrogens is 2. The van der Waals surface area contributed by atoms with Crippen LogP contribution in [0, 0.1) is 12.7 Å². The number of ether oxygens (including phenoxy) is 1. The van der Waals surface area contributed by atoms with Crippen LogP contribution in [-0.2, 0) is 16.0 Å². The van der Waals surface area contributed by atoms with Crippen LogP contribution >= 0.6 is 11.6 Å². The van der Waals surface area contributed by atoms with Crippen molar-refractivity contribution in [2.75, 3.05) is 19.7 Å². The molecule has 23 heavy (non-hydrogen) atoms. The van der Waals surface area contributed by atoms with E-state index in [0.717, 1.165) is 0 Å². The van der Waals surface area contributed by atoms with Gasteiger partial charge in [0.15, 0.2) is 6.10 Å². The number of benzene rings is 1. The molecule has 0 bridgehead atoms. The van der Waals surface area contributed by atoms with Gasteiger partial charge in [0.05, 0.1) is 19.6 Å². The fraction of sp³-hybridized carbons (Fsp3) is 0.400. The molecule has 0 aliphatic carbocycles. The Bertz CT molecular complexity index is 722. The van der Waals surface area contributed by atoms with Gasteiger partial charge in [0.2, 0.25) is 17.7 Å². The van der Waals surface area contributed by atoms with Crippen molar-refractivity contribution in [2.24, 2.45) is 0 Å².